The van der Waals surface area contributed by atoms with Crippen molar-refractivity contribution in [2.24, 2.45) is 5.92 Å². The Hall–Kier alpha value is -2.02. The van der Waals surface area contributed by atoms with E-state index in [1.165, 1.54) is 18.9 Å². The first-order valence-corrected chi connectivity index (χ1v) is 8.84. The molecule has 130 valence electrons. The van der Waals surface area contributed by atoms with Gasteiger partial charge < -0.3 is 15.0 Å². The van der Waals surface area contributed by atoms with Crippen LogP contribution in [0.15, 0.2) is 23.4 Å². The van der Waals surface area contributed by atoms with Gasteiger partial charge in [0.15, 0.2) is 5.16 Å². The zero-order chi connectivity index (χ0) is 17.7. The van der Waals surface area contributed by atoms with Gasteiger partial charge in [0.2, 0.25) is 5.91 Å². The number of nitrogens with zero attached hydrogens (tertiary/aromatic N) is 1. The average Bonchev–Trinajstić information content (AvgIpc) is 2.93. The fourth-order valence-electron chi connectivity index (χ4n) is 2.37. The molecule has 0 spiro atoms. The molecule has 1 amide bonds. The summed E-state index contributed by atoms with van der Waals surface area (Å²) >= 11 is 1.31. The number of rotatable bonds is 7. The van der Waals surface area contributed by atoms with E-state index < -0.39 is 12.0 Å². The summed E-state index contributed by atoms with van der Waals surface area (Å²) in [6, 6.07) is 5.35. The standard InChI is InChI=1S/C17H23N3O3S/c1-10(2)7-14(16(22)23-4)18-15(21)9-24-17-19-12-6-5-11(3)8-13(12)20-17/h5-6,8,10,14H,7,9H2,1-4H3,(H,18,21)(H,19,20)/t14-/m0/s1. The fraction of sp³-hybridized carbons (Fsp3) is 0.471. The highest BCUT2D eigenvalue weighted by Gasteiger charge is 2.22. The number of amides is 1. The van der Waals surface area contributed by atoms with Gasteiger partial charge in [-0.05, 0) is 37.0 Å². The SMILES string of the molecule is COC(=O)[C@H](CC(C)C)NC(=O)CSc1nc2ccc(C)cc2[nH]1. The van der Waals surface area contributed by atoms with Crippen molar-refractivity contribution < 1.29 is 14.3 Å². The van der Waals surface area contributed by atoms with Gasteiger partial charge in [0, 0.05) is 0 Å². The number of H-pyrrole nitrogens is 1. The number of esters is 1. The van der Waals surface area contributed by atoms with Crippen LogP contribution in [0.25, 0.3) is 11.0 Å². The van der Waals surface area contributed by atoms with E-state index in [2.05, 4.69) is 15.3 Å². The van der Waals surface area contributed by atoms with Gasteiger partial charge in [-0.25, -0.2) is 9.78 Å². The number of hydrogen-bond acceptors (Lipinski definition) is 5. The minimum atomic E-state index is -0.610. The lowest BCUT2D eigenvalue weighted by atomic mass is 10.0. The molecule has 0 aliphatic heterocycles. The number of benzene rings is 1. The first kappa shape index (κ1) is 18.3. The van der Waals surface area contributed by atoms with Crippen molar-refractivity contribution in [3.63, 3.8) is 0 Å². The molecule has 6 nitrogen and oxygen atoms in total. The second-order valence-electron chi connectivity index (χ2n) is 6.12. The second-order valence-corrected chi connectivity index (χ2v) is 7.09. The lowest BCUT2D eigenvalue weighted by molar-refractivity contribution is -0.145. The number of methoxy groups -OCH3 is 1. The van der Waals surface area contributed by atoms with Gasteiger partial charge in [-0.2, -0.15) is 0 Å². The number of hydrogen-bond donors (Lipinski definition) is 2. The minimum Gasteiger partial charge on any atom is -0.467 e. The van der Waals surface area contributed by atoms with Crippen molar-refractivity contribution in [2.45, 2.75) is 38.4 Å². The molecule has 2 rings (SSSR count). The quantitative estimate of drug-likeness (QED) is 0.593. The predicted molar refractivity (Wildman–Crippen MR) is 95.0 cm³/mol. The van der Waals surface area contributed by atoms with Gasteiger partial charge in [0.1, 0.15) is 6.04 Å². The van der Waals surface area contributed by atoms with E-state index in [4.69, 9.17) is 4.74 Å². The van der Waals surface area contributed by atoms with Crippen LogP contribution in [0.3, 0.4) is 0 Å². The van der Waals surface area contributed by atoms with E-state index in [1.807, 2.05) is 39.0 Å². The lowest BCUT2D eigenvalue weighted by Crippen LogP contribution is -2.43. The predicted octanol–water partition coefficient (Wildman–Crippen LogP) is 2.67. The molecule has 1 atom stereocenters. The van der Waals surface area contributed by atoms with Gasteiger partial charge in [-0.15, -0.1) is 0 Å². The number of aryl methyl sites for hydroxylation is 1. The lowest BCUT2D eigenvalue weighted by Gasteiger charge is -2.18. The molecule has 0 unspecified atom stereocenters. The molecular weight excluding hydrogens is 326 g/mol. The Labute approximate surface area is 145 Å². The molecule has 24 heavy (non-hydrogen) atoms. The van der Waals surface area contributed by atoms with Crippen molar-refractivity contribution in [2.75, 3.05) is 12.9 Å². The molecule has 0 aliphatic carbocycles. The zero-order valence-corrected chi connectivity index (χ0v) is 15.2. The molecule has 0 saturated heterocycles. The summed E-state index contributed by atoms with van der Waals surface area (Å²) in [5.41, 5.74) is 2.97. The first-order chi connectivity index (χ1) is 11.4. The second kappa shape index (κ2) is 8.19. The summed E-state index contributed by atoms with van der Waals surface area (Å²) in [6.07, 6.45) is 0.549. The van der Waals surface area contributed by atoms with Crippen molar-refractivity contribution >= 4 is 34.7 Å². The van der Waals surface area contributed by atoms with E-state index in [0.717, 1.165) is 16.6 Å². The third-order valence-electron chi connectivity index (χ3n) is 3.48. The maximum atomic E-state index is 12.1. The molecular formula is C17H23N3O3S. The molecule has 0 aliphatic rings. The molecule has 0 radical (unpaired) electrons. The Balaban J connectivity index is 1.94. The summed E-state index contributed by atoms with van der Waals surface area (Å²) < 4.78 is 4.75. The smallest absolute Gasteiger partial charge is 0.328 e. The zero-order valence-electron chi connectivity index (χ0n) is 14.4. The molecule has 0 fully saturated rings. The molecule has 1 heterocycles. The molecule has 0 saturated carbocycles. The number of carbonyl (C=O) groups is 2. The number of imidazole rings is 1. The summed E-state index contributed by atoms with van der Waals surface area (Å²) in [6.45, 7) is 6.00. The Morgan fingerprint density at radius 3 is 2.79 bits per heavy atom. The van der Waals surface area contributed by atoms with Crippen molar-refractivity contribution in [3.8, 4) is 0 Å². The minimum absolute atomic E-state index is 0.185. The Kier molecular flexibility index (Phi) is 6.25. The summed E-state index contributed by atoms with van der Waals surface area (Å²) in [7, 11) is 1.33. The number of carbonyl (C=O) groups excluding carboxylic acids is 2. The fourth-order valence-corrected chi connectivity index (χ4v) is 3.06. The van der Waals surface area contributed by atoms with Gasteiger partial charge in [0.25, 0.3) is 0 Å². The van der Waals surface area contributed by atoms with E-state index in [-0.39, 0.29) is 17.6 Å². The summed E-state index contributed by atoms with van der Waals surface area (Å²) in [5.74, 6) is -0.167. The number of nitrogens with one attached hydrogen (secondary N) is 2. The summed E-state index contributed by atoms with van der Waals surface area (Å²) in [4.78, 5) is 31.5. The molecule has 0 bridgehead atoms. The maximum Gasteiger partial charge on any atom is 0.328 e. The Morgan fingerprint density at radius 2 is 2.12 bits per heavy atom. The first-order valence-electron chi connectivity index (χ1n) is 7.85. The van der Waals surface area contributed by atoms with Crippen LogP contribution < -0.4 is 5.32 Å². The molecule has 1 aromatic heterocycles. The van der Waals surface area contributed by atoms with Crippen LogP contribution in [0.2, 0.25) is 0 Å². The van der Waals surface area contributed by atoms with Gasteiger partial charge in [-0.3, -0.25) is 4.79 Å². The number of aromatic nitrogens is 2. The molecule has 1 aromatic carbocycles. The van der Waals surface area contributed by atoms with Crippen molar-refractivity contribution in [1.29, 1.82) is 0 Å². The number of aromatic amines is 1. The largest absolute Gasteiger partial charge is 0.467 e. The van der Waals surface area contributed by atoms with Crippen LogP contribution in [0, 0.1) is 12.8 Å². The normalized spacial score (nSPS) is 12.4. The maximum absolute atomic E-state index is 12.1. The van der Waals surface area contributed by atoms with Crippen LogP contribution in [0.5, 0.6) is 0 Å². The highest BCUT2D eigenvalue weighted by molar-refractivity contribution is 7.99. The number of ether oxygens (including phenoxy) is 1. The van der Waals surface area contributed by atoms with E-state index in [1.54, 1.807) is 0 Å². The van der Waals surface area contributed by atoms with Crippen molar-refractivity contribution in [3.05, 3.63) is 23.8 Å². The highest BCUT2D eigenvalue weighted by Crippen LogP contribution is 2.20. The van der Waals surface area contributed by atoms with Gasteiger partial charge in [-0.1, -0.05) is 31.7 Å². The Morgan fingerprint density at radius 1 is 1.38 bits per heavy atom. The third kappa shape index (κ3) is 4.99. The van der Waals surface area contributed by atoms with Crippen LogP contribution >= 0.6 is 11.8 Å². The molecule has 7 heteroatoms. The van der Waals surface area contributed by atoms with Gasteiger partial charge >= 0.3 is 5.97 Å². The van der Waals surface area contributed by atoms with Crippen LogP contribution in [-0.2, 0) is 14.3 Å². The van der Waals surface area contributed by atoms with Gasteiger partial charge in [0.05, 0.1) is 23.9 Å². The van der Waals surface area contributed by atoms with Crippen LogP contribution in [0.1, 0.15) is 25.8 Å². The molecule has 2 aromatic rings. The summed E-state index contributed by atoms with van der Waals surface area (Å²) in [5, 5.41) is 3.42. The average molecular weight is 349 g/mol. The highest BCUT2D eigenvalue weighted by atomic mass is 32.2. The van der Waals surface area contributed by atoms with E-state index >= 15 is 0 Å². The van der Waals surface area contributed by atoms with Crippen LogP contribution in [0.4, 0.5) is 0 Å². The number of fused-ring (bicyclic) bond motifs is 1. The van der Waals surface area contributed by atoms with E-state index in [9.17, 15) is 9.59 Å². The Bertz CT molecular complexity index is 727. The van der Waals surface area contributed by atoms with E-state index in [0.29, 0.717) is 11.6 Å². The van der Waals surface area contributed by atoms with Crippen molar-refractivity contribution in [1.82, 2.24) is 15.3 Å². The third-order valence-corrected chi connectivity index (χ3v) is 4.36. The number of thioether (sulfide) groups is 1. The topological polar surface area (TPSA) is 84.1 Å². The van der Waals surface area contributed by atoms with Crippen LogP contribution in [-0.4, -0.2) is 40.7 Å². The monoisotopic (exact) mass is 349 g/mol. The molecule has 2 N–H and O–H groups in total.